The van der Waals surface area contributed by atoms with Crippen molar-refractivity contribution in [2.45, 2.75) is 30.2 Å². The van der Waals surface area contributed by atoms with Crippen molar-refractivity contribution in [3.05, 3.63) is 87.9 Å². The highest BCUT2D eigenvalue weighted by molar-refractivity contribution is 9.10. The molecule has 0 amide bonds. The van der Waals surface area contributed by atoms with Crippen molar-refractivity contribution >= 4 is 37.3 Å². The Hall–Kier alpha value is -2.97. The van der Waals surface area contributed by atoms with Gasteiger partial charge in [-0.2, -0.15) is 0 Å². The molecule has 0 radical (unpaired) electrons. The molecule has 2 N–H and O–H groups in total. The van der Waals surface area contributed by atoms with Gasteiger partial charge in [0.25, 0.3) is 10.0 Å². The first-order valence-corrected chi connectivity index (χ1v) is 13.4. The van der Waals surface area contributed by atoms with E-state index in [0.717, 1.165) is 44.8 Å². The quantitative estimate of drug-likeness (QED) is 0.391. The van der Waals surface area contributed by atoms with Crippen LogP contribution in [-0.2, 0) is 10.0 Å². The zero-order valence-electron chi connectivity index (χ0n) is 18.4. The first-order valence-electron chi connectivity index (χ1n) is 11.2. The predicted molar refractivity (Wildman–Crippen MR) is 135 cm³/mol. The topological polar surface area (TPSA) is 76.7 Å². The Bertz CT molecular complexity index is 1440. The lowest BCUT2D eigenvalue weighted by Gasteiger charge is -2.38. The van der Waals surface area contributed by atoms with E-state index in [1.807, 2.05) is 43.3 Å². The minimum absolute atomic E-state index is 0.0453. The lowest BCUT2D eigenvalue weighted by Crippen LogP contribution is -2.29. The van der Waals surface area contributed by atoms with Gasteiger partial charge in [0.1, 0.15) is 0 Å². The van der Waals surface area contributed by atoms with E-state index >= 15 is 0 Å². The maximum atomic E-state index is 13.2. The zero-order valence-corrected chi connectivity index (χ0v) is 20.8. The summed E-state index contributed by atoms with van der Waals surface area (Å²) in [6, 6.07) is 16.8. The van der Waals surface area contributed by atoms with Crippen LogP contribution >= 0.6 is 15.9 Å². The van der Waals surface area contributed by atoms with E-state index in [9.17, 15) is 8.42 Å². The van der Waals surface area contributed by atoms with Crippen molar-refractivity contribution in [1.82, 2.24) is 0 Å². The van der Waals surface area contributed by atoms with E-state index in [4.69, 9.17) is 9.47 Å². The fourth-order valence-corrected chi connectivity index (χ4v) is 6.84. The maximum Gasteiger partial charge on any atom is 0.261 e. The number of rotatable bonds is 4. The van der Waals surface area contributed by atoms with Crippen molar-refractivity contribution in [3.8, 4) is 11.5 Å². The third kappa shape index (κ3) is 3.56. The average molecular weight is 539 g/mol. The number of anilines is 2. The van der Waals surface area contributed by atoms with Crippen LogP contribution in [0.3, 0.4) is 0 Å². The van der Waals surface area contributed by atoms with Gasteiger partial charge >= 0.3 is 0 Å². The highest BCUT2D eigenvalue weighted by Crippen LogP contribution is 2.52. The normalized spacial score (nSPS) is 22.1. The molecular weight excluding hydrogens is 516 g/mol. The van der Waals surface area contributed by atoms with Gasteiger partial charge < -0.3 is 14.8 Å². The number of fused-ring (bicyclic) bond motifs is 4. The van der Waals surface area contributed by atoms with Crippen LogP contribution in [0.25, 0.3) is 0 Å². The molecule has 3 aromatic rings. The molecule has 0 saturated carbocycles. The van der Waals surface area contributed by atoms with E-state index < -0.39 is 10.0 Å². The van der Waals surface area contributed by atoms with E-state index in [1.54, 1.807) is 18.2 Å². The average Bonchev–Trinajstić information content (AvgIpc) is 3.49. The van der Waals surface area contributed by atoms with Crippen LogP contribution in [0.4, 0.5) is 11.4 Å². The van der Waals surface area contributed by atoms with Gasteiger partial charge in [0, 0.05) is 16.1 Å². The number of hydrogen-bond donors (Lipinski definition) is 2. The summed E-state index contributed by atoms with van der Waals surface area (Å²) in [7, 11) is -3.72. The molecule has 0 spiro atoms. The molecule has 0 fully saturated rings. The summed E-state index contributed by atoms with van der Waals surface area (Å²) in [4.78, 5) is 0.262. The van der Waals surface area contributed by atoms with Gasteiger partial charge in [-0.05, 0) is 72.4 Å². The molecule has 2 aliphatic heterocycles. The van der Waals surface area contributed by atoms with E-state index in [2.05, 4.69) is 38.1 Å². The summed E-state index contributed by atoms with van der Waals surface area (Å²) >= 11 is 3.71. The van der Waals surface area contributed by atoms with Crippen LogP contribution in [0.15, 0.2) is 76.1 Å². The zero-order chi connectivity index (χ0) is 23.4. The van der Waals surface area contributed by atoms with Crippen LogP contribution in [0.5, 0.6) is 11.5 Å². The fraction of sp³-hybridized carbons (Fsp3) is 0.231. The van der Waals surface area contributed by atoms with Gasteiger partial charge in [-0.3, -0.25) is 4.72 Å². The number of benzene rings is 3. The molecule has 3 atom stereocenters. The Morgan fingerprint density at radius 2 is 1.82 bits per heavy atom. The number of nitrogens with one attached hydrogen (secondary N) is 2. The van der Waals surface area contributed by atoms with E-state index in [-0.39, 0.29) is 29.6 Å². The number of para-hydroxylation sites is 1. The first-order chi connectivity index (χ1) is 16.4. The van der Waals surface area contributed by atoms with Crippen molar-refractivity contribution in [1.29, 1.82) is 0 Å². The molecule has 6 nitrogen and oxygen atoms in total. The van der Waals surface area contributed by atoms with Gasteiger partial charge in [-0.15, -0.1) is 0 Å². The SMILES string of the molecule is Cc1ccccc1NS(=O)(=O)c1ccc2c(c1)[C@H]1C=CC[C@H]1[C@@H](c1cc3c(cc1Br)OCO3)N2. The van der Waals surface area contributed by atoms with E-state index in [0.29, 0.717) is 5.69 Å². The second-order valence-electron chi connectivity index (χ2n) is 8.87. The summed E-state index contributed by atoms with van der Waals surface area (Å²) < 4.78 is 41.2. The number of ether oxygens (including phenoxy) is 2. The Labute approximate surface area is 207 Å². The predicted octanol–water partition coefficient (Wildman–Crippen LogP) is 6.11. The lowest BCUT2D eigenvalue weighted by molar-refractivity contribution is 0.174. The molecule has 174 valence electrons. The van der Waals surface area contributed by atoms with Crippen molar-refractivity contribution in [2.24, 2.45) is 5.92 Å². The van der Waals surface area contributed by atoms with Crippen LogP contribution < -0.4 is 19.5 Å². The van der Waals surface area contributed by atoms with Gasteiger partial charge in [0.15, 0.2) is 11.5 Å². The summed E-state index contributed by atoms with van der Waals surface area (Å²) in [5.74, 6) is 1.86. The number of allylic oxidation sites excluding steroid dienone is 2. The second kappa shape index (κ2) is 8.06. The summed E-state index contributed by atoms with van der Waals surface area (Å²) in [6.45, 7) is 2.12. The summed E-state index contributed by atoms with van der Waals surface area (Å²) in [5, 5.41) is 3.67. The molecule has 1 aliphatic carbocycles. The Morgan fingerprint density at radius 3 is 2.65 bits per heavy atom. The highest BCUT2D eigenvalue weighted by Gasteiger charge is 2.39. The van der Waals surface area contributed by atoms with Gasteiger partial charge in [0.2, 0.25) is 6.79 Å². The summed E-state index contributed by atoms with van der Waals surface area (Å²) in [5.41, 5.74) is 4.51. The molecule has 3 aromatic carbocycles. The second-order valence-corrected chi connectivity index (χ2v) is 11.4. The van der Waals surface area contributed by atoms with Gasteiger partial charge in [0.05, 0.1) is 16.6 Å². The third-order valence-electron chi connectivity index (χ3n) is 6.86. The Kier molecular flexibility index (Phi) is 5.11. The van der Waals surface area contributed by atoms with Crippen LogP contribution in [0, 0.1) is 12.8 Å². The van der Waals surface area contributed by atoms with Gasteiger partial charge in [-0.1, -0.05) is 46.3 Å². The molecule has 34 heavy (non-hydrogen) atoms. The molecule has 6 rings (SSSR count). The third-order valence-corrected chi connectivity index (χ3v) is 8.91. The molecular formula is C26H23BrN2O4S. The number of hydrogen-bond acceptors (Lipinski definition) is 5. The largest absolute Gasteiger partial charge is 0.454 e. The standard InChI is InChI=1S/C26H23BrN2O4S/c1-15-5-2-3-8-22(15)29-34(30,31)16-9-10-23-19(11-16)17-6-4-7-18(17)26(28-23)20-12-24-25(13-21(20)27)33-14-32-24/h2-6,8-13,17-18,26,28-29H,7,14H2,1H3/t17-,18+,26-/m0/s1. The molecule has 0 saturated heterocycles. The minimum Gasteiger partial charge on any atom is -0.454 e. The van der Waals surface area contributed by atoms with Crippen LogP contribution in [-0.4, -0.2) is 15.2 Å². The lowest BCUT2D eigenvalue weighted by atomic mass is 9.77. The van der Waals surface area contributed by atoms with Crippen LogP contribution in [0.1, 0.15) is 35.1 Å². The van der Waals surface area contributed by atoms with Gasteiger partial charge in [-0.25, -0.2) is 8.42 Å². The molecule has 8 heteroatoms. The minimum atomic E-state index is -3.72. The first kappa shape index (κ1) is 21.6. The highest BCUT2D eigenvalue weighted by atomic mass is 79.9. The van der Waals surface area contributed by atoms with Crippen LogP contribution in [0.2, 0.25) is 0 Å². The molecule has 0 aromatic heterocycles. The monoisotopic (exact) mass is 538 g/mol. The number of sulfonamides is 1. The smallest absolute Gasteiger partial charge is 0.261 e. The van der Waals surface area contributed by atoms with Crippen molar-refractivity contribution < 1.29 is 17.9 Å². The molecule has 0 unspecified atom stereocenters. The van der Waals surface area contributed by atoms with Crippen molar-refractivity contribution in [2.75, 3.05) is 16.8 Å². The Morgan fingerprint density at radius 1 is 1.03 bits per heavy atom. The number of aryl methyl sites for hydroxylation is 1. The fourth-order valence-electron chi connectivity index (χ4n) is 5.11. The van der Waals surface area contributed by atoms with Crippen molar-refractivity contribution in [3.63, 3.8) is 0 Å². The Balaban J connectivity index is 1.36. The van der Waals surface area contributed by atoms with E-state index in [1.165, 1.54) is 0 Å². The molecule has 0 bridgehead atoms. The maximum absolute atomic E-state index is 13.2. The number of halogens is 1. The summed E-state index contributed by atoms with van der Waals surface area (Å²) in [6.07, 6.45) is 5.29. The molecule has 2 heterocycles. The molecule has 3 aliphatic rings.